The predicted molar refractivity (Wildman–Crippen MR) is 189 cm³/mol. The second-order valence-corrected chi connectivity index (χ2v) is 14.2. The molecule has 52 heavy (non-hydrogen) atoms. The van der Waals surface area contributed by atoms with Crippen LogP contribution in [0.4, 0.5) is 20.2 Å². The second kappa shape index (κ2) is 14.5. The molecule has 1 N–H and O–H groups in total. The van der Waals surface area contributed by atoms with E-state index >= 15 is 0 Å². The summed E-state index contributed by atoms with van der Waals surface area (Å²) >= 11 is 0. The molecule has 0 radical (unpaired) electrons. The number of aromatic nitrogens is 6. The van der Waals surface area contributed by atoms with E-state index in [-0.39, 0.29) is 43.0 Å². The van der Waals surface area contributed by atoms with Crippen molar-refractivity contribution in [1.82, 2.24) is 29.1 Å². The normalized spacial score (nSPS) is 20.0. The first-order valence-corrected chi connectivity index (χ1v) is 17.2. The highest BCUT2D eigenvalue weighted by Crippen LogP contribution is 2.38. The van der Waals surface area contributed by atoms with Crippen molar-refractivity contribution >= 4 is 11.4 Å². The molecule has 5 aromatic rings. The number of hydrogen-bond donors (Lipinski definition) is 1. The molecule has 1 unspecified atom stereocenters. The zero-order chi connectivity index (χ0) is 36.5. The number of anilines is 2. The molecule has 0 saturated carbocycles. The standard InChI is InChI=1S/C37H42F2N8O5/c1-36(2,3)34(48)19-47-35(49)46(25-42-47)29-7-5-27(6-8-29)43-14-16-44(17-15-43)28-9-11-30(12-10-28)50-20-31-21-51-37(52-31,22-45-24-40-23-41-45)32-13-4-26(38)18-33(32)39/h4-13,18,23-25,31,34,48H,14-17,19-22H2,1-3H3/t31-,34?,37-/m0/s1. The van der Waals surface area contributed by atoms with Crippen molar-refractivity contribution in [2.75, 3.05) is 49.2 Å². The number of piperazine rings is 1. The minimum Gasteiger partial charge on any atom is -0.491 e. The van der Waals surface area contributed by atoms with E-state index in [2.05, 4.69) is 25.0 Å². The van der Waals surface area contributed by atoms with Gasteiger partial charge in [0.1, 0.15) is 55.6 Å². The third-order valence-corrected chi connectivity index (χ3v) is 9.53. The van der Waals surface area contributed by atoms with E-state index in [0.29, 0.717) is 11.4 Å². The molecule has 0 aliphatic carbocycles. The van der Waals surface area contributed by atoms with Gasteiger partial charge < -0.3 is 29.1 Å². The summed E-state index contributed by atoms with van der Waals surface area (Å²) in [6.45, 7) is 9.53. The van der Waals surface area contributed by atoms with Crippen molar-refractivity contribution in [2.24, 2.45) is 5.41 Å². The molecular formula is C37H42F2N8O5. The molecule has 0 bridgehead atoms. The Hall–Kier alpha value is -5.12. The Bertz CT molecular complexity index is 2010. The van der Waals surface area contributed by atoms with E-state index in [0.717, 1.165) is 43.6 Å². The zero-order valence-corrected chi connectivity index (χ0v) is 29.3. The summed E-state index contributed by atoms with van der Waals surface area (Å²) in [5, 5.41) is 18.7. The van der Waals surface area contributed by atoms with Gasteiger partial charge in [0, 0.05) is 49.2 Å². The molecule has 2 aromatic heterocycles. The lowest BCUT2D eigenvalue weighted by Crippen LogP contribution is -2.46. The number of benzene rings is 3. The van der Waals surface area contributed by atoms with Gasteiger partial charge >= 0.3 is 5.69 Å². The van der Waals surface area contributed by atoms with Gasteiger partial charge in [0.2, 0.25) is 5.79 Å². The maximum atomic E-state index is 14.9. The highest BCUT2D eigenvalue weighted by molar-refractivity contribution is 5.54. The van der Waals surface area contributed by atoms with Crippen LogP contribution in [-0.4, -0.2) is 85.8 Å². The van der Waals surface area contributed by atoms with Gasteiger partial charge in [0.05, 0.1) is 24.9 Å². The van der Waals surface area contributed by atoms with Gasteiger partial charge in [0.15, 0.2) is 0 Å². The fourth-order valence-electron chi connectivity index (χ4n) is 6.35. The molecule has 2 aliphatic rings. The molecular weight excluding hydrogens is 674 g/mol. The zero-order valence-electron chi connectivity index (χ0n) is 29.3. The van der Waals surface area contributed by atoms with E-state index in [4.69, 9.17) is 14.2 Å². The minimum atomic E-state index is -1.52. The topological polar surface area (TPSA) is 125 Å². The van der Waals surface area contributed by atoms with Gasteiger partial charge in [-0.2, -0.15) is 10.2 Å². The van der Waals surface area contributed by atoms with Crippen LogP contribution in [0, 0.1) is 17.0 Å². The van der Waals surface area contributed by atoms with Crippen molar-refractivity contribution < 1.29 is 28.1 Å². The Morgan fingerprint density at radius 3 is 2.19 bits per heavy atom. The van der Waals surface area contributed by atoms with Crippen molar-refractivity contribution in [3.8, 4) is 11.4 Å². The summed E-state index contributed by atoms with van der Waals surface area (Å²) in [7, 11) is 0. The number of nitrogens with zero attached hydrogens (tertiary/aromatic N) is 8. The summed E-state index contributed by atoms with van der Waals surface area (Å²) in [6, 6.07) is 19.0. The molecule has 3 aromatic carbocycles. The van der Waals surface area contributed by atoms with Crippen LogP contribution in [0.25, 0.3) is 5.69 Å². The van der Waals surface area contributed by atoms with Gasteiger partial charge in [-0.1, -0.05) is 20.8 Å². The summed E-state index contributed by atoms with van der Waals surface area (Å²) in [4.78, 5) is 21.5. The highest BCUT2D eigenvalue weighted by Gasteiger charge is 2.46. The smallest absolute Gasteiger partial charge is 0.350 e. The quantitative estimate of drug-likeness (QED) is 0.215. The number of aliphatic hydroxyl groups is 1. The van der Waals surface area contributed by atoms with Gasteiger partial charge in [-0.05, 0) is 66.1 Å². The van der Waals surface area contributed by atoms with Gasteiger partial charge in [-0.25, -0.2) is 32.5 Å². The van der Waals surface area contributed by atoms with Gasteiger partial charge in [-0.3, -0.25) is 0 Å². The maximum Gasteiger partial charge on any atom is 0.350 e. The fourth-order valence-corrected chi connectivity index (χ4v) is 6.35. The average molecular weight is 717 g/mol. The number of rotatable bonds is 11. The van der Waals surface area contributed by atoms with Crippen molar-refractivity contribution in [2.45, 2.75) is 51.9 Å². The Morgan fingerprint density at radius 2 is 1.58 bits per heavy atom. The molecule has 0 amide bonds. The molecule has 2 saturated heterocycles. The van der Waals surface area contributed by atoms with Crippen LogP contribution in [0.2, 0.25) is 0 Å². The van der Waals surface area contributed by atoms with Crippen LogP contribution >= 0.6 is 0 Å². The Kier molecular flexibility index (Phi) is 9.83. The number of hydrogen-bond acceptors (Lipinski definition) is 10. The van der Waals surface area contributed by atoms with Crippen LogP contribution in [-0.2, 0) is 28.4 Å². The molecule has 3 atom stereocenters. The van der Waals surface area contributed by atoms with E-state index in [9.17, 15) is 18.7 Å². The maximum absolute atomic E-state index is 14.9. The van der Waals surface area contributed by atoms with Crippen LogP contribution in [0.3, 0.4) is 0 Å². The largest absolute Gasteiger partial charge is 0.491 e. The highest BCUT2D eigenvalue weighted by atomic mass is 19.1. The summed E-state index contributed by atoms with van der Waals surface area (Å²) in [5.74, 6) is -2.33. The van der Waals surface area contributed by atoms with Crippen LogP contribution in [0.5, 0.6) is 5.75 Å². The fraction of sp³-hybridized carbons (Fsp3) is 0.405. The average Bonchev–Trinajstić information content (AvgIpc) is 3.89. The van der Waals surface area contributed by atoms with E-state index in [1.807, 2.05) is 69.3 Å². The minimum absolute atomic E-state index is 0.0254. The summed E-state index contributed by atoms with van der Waals surface area (Å²) < 4.78 is 51.1. The monoisotopic (exact) mass is 716 g/mol. The Balaban J connectivity index is 0.914. The molecule has 0 spiro atoms. The molecule has 2 aliphatic heterocycles. The van der Waals surface area contributed by atoms with Crippen LogP contribution in [0.15, 0.2) is 90.5 Å². The molecule has 4 heterocycles. The number of halogens is 2. The van der Waals surface area contributed by atoms with Crippen molar-refractivity contribution in [1.29, 1.82) is 0 Å². The Labute approximate surface area is 299 Å². The Morgan fingerprint density at radius 1 is 0.923 bits per heavy atom. The first-order valence-electron chi connectivity index (χ1n) is 17.2. The second-order valence-electron chi connectivity index (χ2n) is 14.2. The van der Waals surface area contributed by atoms with Crippen molar-refractivity contribution in [3.63, 3.8) is 0 Å². The summed E-state index contributed by atoms with van der Waals surface area (Å²) in [6.07, 6.45) is 3.12. The van der Waals surface area contributed by atoms with Gasteiger partial charge in [0.25, 0.3) is 0 Å². The summed E-state index contributed by atoms with van der Waals surface area (Å²) in [5.41, 5.74) is 2.29. The SMILES string of the molecule is CC(C)(C)C(O)Cn1ncn(-c2ccc(N3CCN(c4ccc(OC[C@H]5CO[C@](Cn6cncn6)(c6ccc(F)cc6F)O5)cc4)CC3)cc2)c1=O. The molecule has 13 nitrogen and oxygen atoms in total. The van der Waals surface area contributed by atoms with E-state index in [1.165, 1.54) is 45.0 Å². The lowest BCUT2D eigenvalue weighted by molar-refractivity contribution is -0.192. The molecule has 15 heteroatoms. The van der Waals surface area contributed by atoms with E-state index in [1.54, 1.807) is 0 Å². The van der Waals surface area contributed by atoms with Crippen molar-refractivity contribution in [3.05, 3.63) is 113 Å². The van der Waals surface area contributed by atoms with Gasteiger partial charge in [-0.15, -0.1) is 0 Å². The number of aliphatic hydroxyl groups excluding tert-OH is 1. The van der Waals surface area contributed by atoms with Crippen LogP contribution < -0.4 is 20.2 Å². The lowest BCUT2D eigenvalue weighted by Gasteiger charge is -2.37. The van der Waals surface area contributed by atoms with Crippen LogP contribution in [0.1, 0.15) is 26.3 Å². The van der Waals surface area contributed by atoms with E-state index < -0.39 is 29.6 Å². The molecule has 274 valence electrons. The molecule has 2 fully saturated rings. The first-order chi connectivity index (χ1) is 25.0. The third-order valence-electron chi connectivity index (χ3n) is 9.53. The number of ether oxygens (including phenoxy) is 3. The lowest BCUT2D eigenvalue weighted by atomic mass is 9.89. The molecule has 7 rings (SSSR count). The first kappa shape index (κ1) is 35.3. The third kappa shape index (κ3) is 7.56. The predicted octanol–water partition coefficient (Wildman–Crippen LogP) is 3.98.